The van der Waals surface area contributed by atoms with Crippen molar-refractivity contribution in [1.82, 2.24) is 15.3 Å². The predicted molar refractivity (Wildman–Crippen MR) is 137 cm³/mol. The van der Waals surface area contributed by atoms with Crippen molar-refractivity contribution in [1.29, 1.82) is 0 Å². The Morgan fingerprint density at radius 2 is 1.91 bits per heavy atom. The van der Waals surface area contributed by atoms with Crippen LogP contribution in [0.1, 0.15) is 43.2 Å². The lowest BCUT2D eigenvalue weighted by Crippen LogP contribution is -2.41. The van der Waals surface area contributed by atoms with Crippen molar-refractivity contribution in [3.05, 3.63) is 77.1 Å². The first-order valence-corrected chi connectivity index (χ1v) is 12.3. The first-order valence-electron chi connectivity index (χ1n) is 12.0. The van der Waals surface area contributed by atoms with Gasteiger partial charge in [0, 0.05) is 35.1 Å². The summed E-state index contributed by atoms with van der Waals surface area (Å²) in [6.45, 7) is 0.685. The summed E-state index contributed by atoms with van der Waals surface area (Å²) in [5.41, 5.74) is 3.38. The molecule has 0 radical (unpaired) electrons. The second-order valence-electron chi connectivity index (χ2n) is 9.34. The van der Waals surface area contributed by atoms with Crippen molar-refractivity contribution >= 4 is 33.4 Å². The molecule has 5 rings (SSSR count). The second-order valence-corrected chi connectivity index (χ2v) is 9.70. The lowest BCUT2D eigenvalue weighted by Gasteiger charge is -2.36. The number of ether oxygens (including phenoxy) is 1. The number of nitrogens with one attached hydrogen (secondary N) is 1. The fourth-order valence-electron chi connectivity index (χ4n) is 5.08. The molecular formula is C28H30ClN3O2. The van der Waals surface area contributed by atoms with Gasteiger partial charge in [0.2, 0.25) is 0 Å². The normalized spacial score (nSPS) is 20.6. The molecule has 1 aliphatic carbocycles. The summed E-state index contributed by atoms with van der Waals surface area (Å²) in [6.07, 6.45) is 6.87. The SMILES string of the molecule is COc1cccc2c(CCC3(O)CCC(NCc4cc5ccccc5nc4Cl)CC3)ccnc12. The largest absolute Gasteiger partial charge is 0.494 e. The van der Waals surface area contributed by atoms with Gasteiger partial charge in [0.15, 0.2) is 0 Å². The fourth-order valence-corrected chi connectivity index (χ4v) is 5.29. The smallest absolute Gasteiger partial charge is 0.145 e. The summed E-state index contributed by atoms with van der Waals surface area (Å²) in [5.74, 6) is 0.784. The summed E-state index contributed by atoms with van der Waals surface area (Å²) in [5, 5.41) is 17.7. The number of rotatable bonds is 7. The van der Waals surface area contributed by atoms with Crippen LogP contribution in [0.3, 0.4) is 0 Å². The summed E-state index contributed by atoms with van der Waals surface area (Å²) in [7, 11) is 1.67. The molecule has 1 fully saturated rings. The van der Waals surface area contributed by atoms with Gasteiger partial charge in [-0.15, -0.1) is 0 Å². The van der Waals surface area contributed by atoms with E-state index in [4.69, 9.17) is 16.3 Å². The minimum absolute atomic E-state index is 0.369. The number of nitrogens with zero attached hydrogens (tertiary/aromatic N) is 2. The van der Waals surface area contributed by atoms with Gasteiger partial charge < -0.3 is 15.2 Å². The highest BCUT2D eigenvalue weighted by Crippen LogP contribution is 2.34. The van der Waals surface area contributed by atoms with Gasteiger partial charge in [-0.1, -0.05) is 41.9 Å². The molecule has 2 aromatic heterocycles. The Morgan fingerprint density at radius 3 is 2.74 bits per heavy atom. The van der Waals surface area contributed by atoms with Crippen LogP contribution in [-0.4, -0.2) is 33.8 Å². The Hall–Kier alpha value is -2.73. The number of hydrogen-bond acceptors (Lipinski definition) is 5. The van der Waals surface area contributed by atoms with Crippen LogP contribution in [0.5, 0.6) is 5.75 Å². The maximum absolute atomic E-state index is 11.3. The molecule has 0 spiro atoms. The number of benzene rings is 2. The Morgan fingerprint density at radius 1 is 1.09 bits per heavy atom. The van der Waals surface area contributed by atoms with Gasteiger partial charge in [-0.3, -0.25) is 4.98 Å². The molecule has 0 bridgehead atoms. The van der Waals surface area contributed by atoms with E-state index < -0.39 is 5.60 Å². The van der Waals surface area contributed by atoms with Gasteiger partial charge >= 0.3 is 0 Å². The predicted octanol–water partition coefficient (Wildman–Crippen LogP) is 5.84. The number of aryl methyl sites for hydroxylation is 1. The number of methoxy groups -OCH3 is 1. The van der Waals surface area contributed by atoms with Crippen LogP contribution in [0.15, 0.2) is 60.8 Å². The van der Waals surface area contributed by atoms with Gasteiger partial charge in [-0.25, -0.2) is 4.98 Å². The van der Waals surface area contributed by atoms with E-state index in [1.54, 1.807) is 7.11 Å². The van der Waals surface area contributed by atoms with Crippen molar-refractivity contribution in [3.63, 3.8) is 0 Å². The molecule has 4 aromatic rings. The third-order valence-electron chi connectivity index (χ3n) is 7.15. The molecule has 0 saturated heterocycles. The zero-order chi connectivity index (χ0) is 23.5. The Balaban J connectivity index is 1.18. The lowest BCUT2D eigenvalue weighted by atomic mass is 9.78. The molecule has 1 aliphatic rings. The number of hydrogen-bond donors (Lipinski definition) is 2. The van der Waals surface area contributed by atoms with Crippen molar-refractivity contribution in [2.45, 2.75) is 56.7 Å². The van der Waals surface area contributed by atoms with Crippen LogP contribution in [0.25, 0.3) is 21.8 Å². The minimum atomic E-state index is -0.630. The van der Waals surface area contributed by atoms with E-state index in [2.05, 4.69) is 39.6 Å². The Kier molecular flexibility index (Phi) is 6.68. The van der Waals surface area contributed by atoms with Crippen molar-refractivity contribution in [3.8, 4) is 5.75 Å². The van der Waals surface area contributed by atoms with E-state index in [1.165, 1.54) is 5.56 Å². The van der Waals surface area contributed by atoms with Crippen molar-refractivity contribution in [2.24, 2.45) is 0 Å². The molecule has 2 N–H and O–H groups in total. The third-order valence-corrected chi connectivity index (χ3v) is 7.48. The third kappa shape index (κ3) is 4.88. The molecule has 34 heavy (non-hydrogen) atoms. The lowest BCUT2D eigenvalue weighted by molar-refractivity contribution is -0.0107. The molecule has 176 valence electrons. The first kappa shape index (κ1) is 23.0. The number of aromatic nitrogens is 2. The van der Waals surface area contributed by atoms with Crippen LogP contribution >= 0.6 is 11.6 Å². The minimum Gasteiger partial charge on any atom is -0.494 e. The molecule has 0 amide bonds. The summed E-state index contributed by atoms with van der Waals surface area (Å²) in [6, 6.07) is 18.6. The van der Waals surface area contributed by atoms with Crippen molar-refractivity contribution in [2.75, 3.05) is 7.11 Å². The number of para-hydroxylation sites is 2. The number of fused-ring (bicyclic) bond motifs is 2. The van der Waals surface area contributed by atoms with Crippen LogP contribution in [0.2, 0.25) is 5.15 Å². The van der Waals surface area contributed by atoms with Gasteiger partial charge in [0.25, 0.3) is 0 Å². The van der Waals surface area contributed by atoms with E-state index >= 15 is 0 Å². The van der Waals surface area contributed by atoms with E-state index in [0.717, 1.165) is 71.6 Å². The maximum Gasteiger partial charge on any atom is 0.145 e. The molecule has 2 aromatic carbocycles. The van der Waals surface area contributed by atoms with Crippen LogP contribution in [0.4, 0.5) is 0 Å². The Bertz CT molecular complexity index is 1300. The molecule has 0 unspecified atom stereocenters. The van der Waals surface area contributed by atoms with Gasteiger partial charge in [0.05, 0.1) is 18.2 Å². The highest BCUT2D eigenvalue weighted by atomic mass is 35.5. The molecule has 1 saturated carbocycles. The highest BCUT2D eigenvalue weighted by Gasteiger charge is 2.32. The van der Waals surface area contributed by atoms with E-state index in [0.29, 0.717) is 17.7 Å². The maximum atomic E-state index is 11.3. The van der Waals surface area contributed by atoms with Crippen molar-refractivity contribution < 1.29 is 9.84 Å². The quantitative estimate of drug-likeness (QED) is 0.328. The second kappa shape index (κ2) is 9.87. The van der Waals surface area contributed by atoms with E-state index in [1.807, 2.05) is 36.5 Å². The molecule has 0 atom stereocenters. The van der Waals surface area contributed by atoms with E-state index in [-0.39, 0.29) is 0 Å². The number of aliphatic hydroxyl groups is 1. The average molecular weight is 476 g/mol. The monoisotopic (exact) mass is 475 g/mol. The van der Waals surface area contributed by atoms with Gasteiger partial charge in [0.1, 0.15) is 16.4 Å². The molecule has 5 nitrogen and oxygen atoms in total. The summed E-state index contributed by atoms with van der Waals surface area (Å²) in [4.78, 5) is 9.01. The van der Waals surface area contributed by atoms with Crippen LogP contribution in [0, 0.1) is 0 Å². The molecule has 0 aliphatic heterocycles. The number of pyridine rings is 2. The summed E-state index contributed by atoms with van der Waals surface area (Å²) < 4.78 is 5.46. The topological polar surface area (TPSA) is 67.3 Å². The zero-order valence-corrected chi connectivity index (χ0v) is 20.2. The Labute approximate surface area is 205 Å². The molecule has 2 heterocycles. The fraction of sp³-hybridized carbons (Fsp3) is 0.357. The number of halogens is 1. The van der Waals surface area contributed by atoms with Crippen LogP contribution < -0.4 is 10.1 Å². The average Bonchev–Trinajstić information content (AvgIpc) is 2.87. The molecular weight excluding hydrogens is 446 g/mol. The standard InChI is InChI=1S/C28H30ClN3O2/c1-34-25-8-4-6-23-19(12-16-30-26(23)25)9-13-28(33)14-10-22(11-15-28)31-18-21-17-20-5-2-3-7-24(20)32-27(21)29/h2-8,12,16-17,22,31,33H,9-11,13-15,18H2,1H3. The molecule has 6 heteroatoms. The highest BCUT2D eigenvalue weighted by molar-refractivity contribution is 6.30. The van der Waals surface area contributed by atoms with E-state index in [9.17, 15) is 5.11 Å². The van der Waals surface area contributed by atoms with Gasteiger partial charge in [-0.2, -0.15) is 0 Å². The van der Waals surface area contributed by atoms with Gasteiger partial charge in [-0.05, 0) is 68.4 Å². The summed E-state index contributed by atoms with van der Waals surface area (Å²) >= 11 is 6.42. The first-order chi connectivity index (χ1) is 16.5. The zero-order valence-electron chi connectivity index (χ0n) is 19.4. The van der Waals surface area contributed by atoms with Crippen LogP contribution in [-0.2, 0) is 13.0 Å².